The second-order valence-electron chi connectivity index (χ2n) is 5.05. The van der Waals surface area contributed by atoms with Crippen LogP contribution in [-0.4, -0.2) is 10.4 Å². The molecule has 1 aliphatic heterocycles. The van der Waals surface area contributed by atoms with E-state index in [4.69, 9.17) is 0 Å². The molecule has 0 atom stereocenters. The third kappa shape index (κ3) is 1.77. The van der Waals surface area contributed by atoms with Gasteiger partial charge in [0.15, 0.2) is 0 Å². The van der Waals surface area contributed by atoms with E-state index in [1.54, 1.807) is 0 Å². The van der Waals surface area contributed by atoms with E-state index in [-0.39, 0.29) is 5.78 Å². The van der Waals surface area contributed by atoms with Crippen LogP contribution >= 0.6 is 0 Å². The van der Waals surface area contributed by atoms with Gasteiger partial charge in [0.25, 0.3) is 0 Å². The summed E-state index contributed by atoms with van der Waals surface area (Å²) in [5, 5.41) is 0. The standard InChI is InChI=1S/C19H13NO/c21-19-16-12-7-13-20(16)18(15-10-5-2-6-11-15)17(19)14-8-3-1-4-9-14/h1-13H. The Labute approximate surface area is 123 Å². The lowest BCUT2D eigenvalue weighted by Crippen LogP contribution is -1.97. The van der Waals surface area contributed by atoms with E-state index in [9.17, 15) is 4.79 Å². The molecule has 1 aliphatic rings. The maximum absolute atomic E-state index is 12.8. The van der Waals surface area contributed by atoms with Gasteiger partial charge in [-0.2, -0.15) is 0 Å². The van der Waals surface area contributed by atoms with Crippen LogP contribution in [-0.2, 0) is 0 Å². The van der Waals surface area contributed by atoms with E-state index in [1.807, 2.05) is 83.6 Å². The molecule has 0 radical (unpaired) electrons. The number of Topliss-reactive ketones (excluding diaryl/α,β-unsaturated/α-hetero) is 1. The summed E-state index contributed by atoms with van der Waals surface area (Å²) in [6, 6.07) is 23.7. The van der Waals surface area contributed by atoms with Crippen molar-refractivity contribution < 1.29 is 4.79 Å². The molecule has 0 aliphatic carbocycles. The fourth-order valence-corrected chi connectivity index (χ4v) is 2.87. The fraction of sp³-hybridized carbons (Fsp3) is 0. The van der Waals surface area contributed by atoms with E-state index in [0.717, 1.165) is 28.1 Å². The average Bonchev–Trinajstić information content (AvgIpc) is 3.11. The zero-order valence-corrected chi connectivity index (χ0v) is 11.4. The number of carbonyl (C=O) groups excluding carboxylic acids is 1. The molecule has 2 heterocycles. The normalized spacial score (nSPS) is 13.6. The number of aromatic nitrogens is 1. The van der Waals surface area contributed by atoms with Gasteiger partial charge in [0.05, 0.1) is 17.0 Å². The molecule has 0 saturated carbocycles. The topological polar surface area (TPSA) is 22.0 Å². The minimum absolute atomic E-state index is 0.0880. The van der Waals surface area contributed by atoms with Crippen LogP contribution in [0.1, 0.15) is 21.6 Å². The molecule has 0 saturated heterocycles. The summed E-state index contributed by atoms with van der Waals surface area (Å²) in [5.41, 5.74) is 4.49. The Bertz CT molecular complexity index is 842. The molecule has 0 bridgehead atoms. The Morgan fingerprint density at radius 3 is 1.95 bits per heavy atom. The Balaban J connectivity index is 2.03. The van der Waals surface area contributed by atoms with E-state index in [0.29, 0.717) is 0 Å². The molecule has 100 valence electrons. The molecule has 0 unspecified atom stereocenters. The first-order valence-electron chi connectivity index (χ1n) is 6.94. The highest BCUT2D eigenvalue weighted by atomic mass is 16.1. The molecule has 4 rings (SSSR count). The third-order valence-electron chi connectivity index (χ3n) is 3.80. The lowest BCUT2D eigenvalue weighted by atomic mass is 9.97. The highest BCUT2D eigenvalue weighted by Crippen LogP contribution is 2.37. The van der Waals surface area contributed by atoms with Crippen molar-refractivity contribution in [3.05, 3.63) is 95.8 Å². The first kappa shape index (κ1) is 11.9. The summed E-state index contributed by atoms with van der Waals surface area (Å²) in [5.74, 6) is 0.0880. The van der Waals surface area contributed by atoms with Crippen molar-refractivity contribution in [2.75, 3.05) is 0 Å². The van der Waals surface area contributed by atoms with Gasteiger partial charge >= 0.3 is 0 Å². The van der Waals surface area contributed by atoms with E-state index in [2.05, 4.69) is 0 Å². The molecule has 2 heteroatoms. The van der Waals surface area contributed by atoms with E-state index < -0.39 is 0 Å². The maximum atomic E-state index is 12.8. The lowest BCUT2D eigenvalue weighted by Gasteiger charge is -2.09. The van der Waals surface area contributed by atoms with Crippen LogP contribution in [0.15, 0.2) is 79.0 Å². The predicted molar refractivity (Wildman–Crippen MR) is 83.9 cm³/mol. The fourth-order valence-electron chi connectivity index (χ4n) is 2.87. The van der Waals surface area contributed by atoms with Crippen LogP contribution in [0.4, 0.5) is 0 Å². The number of rotatable bonds is 2. The molecule has 2 nitrogen and oxygen atoms in total. The Morgan fingerprint density at radius 1 is 0.667 bits per heavy atom. The predicted octanol–water partition coefficient (Wildman–Crippen LogP) is 4.10. The molecule has 1 aromatic heterocycles. The molecule has 0 amide bonds. The largest absolute Gasteiger partial charge is 0.312 e. The number of nitrogens with zero attached hydrogens (tertiary/aromatic N) is 1. The monoisotopic (exact) mass is 271 g/mol. The van der Waals surface area contributed by atoms with Crippen molar-refractivity contribution in [2.45, 2.75) is 0 Å². The molecule has 0 spiro atoms. The minimum Gasteiger partial charge on any atom is -0.312 e. The SMILES string of the molecule is O=C1C(c2ccccc2)=C(c2ccccc2)n2cccc21. The van der Waals surface area contributed by atoms with Gasteiger partial charge in [0.2, 0.25) is 5.78 Å². The number of benzene rings is 2. The number of allylic oxidation sites excluding steroid dienone is 1. The lowest BCUT2D eigenvalue weighted by molar-refractivity contribution is 0.105. The van der Waals surface area contributed by atoms with Crippen LogP contribution in [0, 0.1) is 0 Å². The maximum Gasteiger partial charge on any atom is 0.212 e. The van der Waals surface area contributed by atoms with Gasteiger partial charge in [-0.05, 0) is 23.3 Å². The van der Waals surface area contributed by atoms with Gasteiger partial charge in [-0.25, -0.2) is 0 Å². The van der Waals surface area contributed by atoms with Gasteiger partial charge < -0.3 is 4.57 Å². The van der Waals surface area contributed by atoms with Crippen LogP contribution in [0.3, 0.4) is 0 Å². The quantitative estimate of drug-likeness (QED) is 0.687. The van der Waals surface area contributed by atoms with Gasteiger partial charge in [0.1, 0.15) is 0 Å². The molecule has 3 aromatic rings. The van der Waals surface area contributed by atoms with Gasteiger partial charge in [-0.15, -0.1) is 0 Å². The smallest absolute Gasteiger partial charge is 0.212 e. The second-order valence-corrected chi connectivity index (χ2v) is 5.05. The van der Waals surface area contributed by atoms with Crippen LogP contribution < -0.4 is 0 Å². The number of fused-ring (bicyclic) bond motifs is 1. The van der Waals surface area contributed by atoms with E-state index >= 15 is 0 Å². The average molecular weight is 271 g/mol. The van der Waals surface area contributed by atoms with Gasteiger partial charge in [0, 0.05) is 6.20 Å². The summed E-state index contributed by atoms with van der Waals surface area (Å²) >= 11 is 0. The van der Waals surface area contributed by atoms with Gasteiger partial charge in [-0.1, -0.05) is 60.7 Å². The molecule has 0 N–H and O–H groups in total. The second kappa shape index (κ2) is 4.60. The molecular weight excluding hydrogens is 258 g/mol. The molecule has 0 fully saturated rings. The van der Waals surface area contributed by atoms with Crippen molar-refractivity contribution >= 4 is 17.1 Å². The number of hydrogen-bond acceptors (Lipinski definition) is 1. The summed E-state index contributed by atoms with van der Waals surface area (Å²) in [6.07, 6.45) is 1.95. The van der Waals surface area contributed by atoms with Crippen molar-refractivity contribution in [1.82, 2.24) is 4.57 Å². The van der Waals surface area contributed by atoms with Crippen molar-refractivity contribution in [3.63, 3.8) is 0 Å². The van der Waals surface area contributed by atoms with Gasteiger partial charge in [-0.3, -0.25) is 4.79 Å². The summed E-state index contributed by atoms with van der Waals surface area (Å²) < 4.78 is 1.99. The van der Waals surface area contributed by atoms with Crippen LogP contribution in [0.5, 0.6) is 0 Å². The van der Waals surface area contributed by atoms with Crippen LogP contribution in [0.2, 0.25) is 0 Å². The molecular formula is C19H13NO. The zero-order chi connectivity index (χ0) is 14.2. The summed E-state index contributed by atoms with van der Waals surface area (Å²) in [6.45, 7) is 0. The Hall–Kier alpha value is -2.87. The van der Waals surface area contributed by atoms with Crippen LogP contribution in [0.25, 0.3) is 11.3 Å². The Kier molecular flexibility index (Phi) is 2.61. The first-order valence-corrected chi connectivity index (χ1v) is 6.94. The highest BCUT2D eigenvalue weighted by molar-refractivity contribution is 6.37. The van der Waals surface area contributed by atoms with E-state index in [1.165, 1.54) is 0 Å². The zero-order valence-electron chi connectivity index (χ0n) is 11.4. The van der Waals surface area contributed by atoms with Crippen molar-refractivity contribution in [3.8, 4) is 0 Å². The summed E-state index contributed by atoms with van der Waals surface area (Å²) in [7, 11) is 0. The number of ketones is 1. The third-order valence-corrected chi connectivity index (χ3v) is 3.80. The Morgan fingerprint density at radius 2 is 1.29 bits per heavy atom. The minimum atomic E-state index is 0.0880. The molecule has 2 aromatic carbocycles. The van der Waals surface area contributed by atoms with Crippen molar-refractivity contribution in [2.24, 2.45) is 0 Å². The number of carbonyl (C=O) groups is 1. The first-order chi connectivity index (χ1) is 10.4. The number of hydrogen-bond donors (Lipinski definition) is 0. The van der Waals surface area contributed by atoms with Crippen molar-refractivity contribution in [1.29, 1.82) is 0 Å². The highest BCUT2D eigenvalue weighted by Gasteiger charge is 2.30. The summed E-state index contributed by atoms with van der Waals surface area (Å²) in [4.78, 5) is 12.8. The molecule has 21 heavy (non-hydrogen) atoms.